The number of hydrogen-bond acceptors (Lipinski definition) is 3. The molecule has 24 heavy (non-hydrogen) atoms. The SMILES string of the molecule is CC1(C)C[C@H](C(=O)NCc2ccc(-c3cccc(Cl)c3)o2)CCO1. The predicted molar refractivity (Wildman–Crippen MR) is 93.8 cm³/mol. The summed E-state index contributed by atoms with van der Waals surface area (Å²) in [7, 11) is 0. The molecule has 1 N–H and O–H groups in total. The first-order valence-electron chi connectivity index (χ1n) is 8.19. The van der Waals surface area contributed by atoms with Crippen molar-refractivity contribution < 1.29 is 13.9 Å². The van der Waals surface area contributed by atoms with Crippen molar-refractivity contribution in [3.05, 3.63) is 47.2 Å². The normalized spacial score (nSPS) is 19.9. The van der Waals surface area contributed by atoms with Gasteiger partial charge in [-0.3, -0.25) is 4.79 Å². The first-order valence-corrected chi connectivity index (χ1v) is 8.57. The fourth-order valence-corrected chi connectivity index (χ4v) is 3.23. The van der Waals surface area contributed by atoms with Gasteiger partial charge in [0, 0.05) is 23.1 Å². The summed E-state index contributed by atoms with van der Waals surface area (Å²) in [5.74, 6) is 1.53. The number of amides is 1. The molecule has 1 fully saturated rings. The number of furan rings is 1. The van der Waals surface area contributed by atoms with Gasteiger partial charge in [0.15, 0.2) is 0 Å². The molecule has 0 unspecified atom stereocenters. The molecule has 4 nitrogen and oxygen atoms in total. The minimum atomic E-state index is -0.231. The molecule has 1 aromatic heterocycles. The van der Waals surface area contributed by atoms with Crippen molar-refractivity contribution >= 4 is 17.5 Å². The van der Waals surface area contributed by atoms with Crippen LogP contribution >= 0.6 is 11.6 Å². The topological polar surface area (TPSA) is 51.5 Å². The monoisotopic (exact) mass is 347 g/mol. The molecule has 0 spiro atoms. The van der Waals surface area contributed by atoms with Crippen LogP contribution in [-0.4, -0.2) is 18.1 Å². The van der Waals surface area contributed by atoms with Crippen molar-refractivity contribution in [3.63, 3.8) is 0 Å². The van der Waals surface area contributed by atoms with E-state index in [1.165, 1.54) is 0 Å². The maximum absolute atomic E-state index is 12.4. The van der Waals surface area contributed by atoms with Crippen LogP contribution in [0.25, 0.3) is 11.3 Å². The van der Waals surface area contributed by atoms with Crippen LogP contribution in [-0.2, 0) is 16.1 Å². The molecule has 5 heteroatoms. The van der Waals surface area contributed by atoms with E-state index in [1.54, 1.807) is 0 Å². The van der Waals surface area contributed by atoms with Crippen molar-refractivity contribution in [1.29, 1.82) is 0 Å². The Labute approximate surface area is 147 Å². The van der Waals surface area contributed by atoms with Gasteiger partial charge >= 0.3 is 0 Å². The zero-order valence-corrected chi connectivity index (χ0v) is 14.7. The number of hydrogen-bond donors (Lipinski definition) is 1. The third-order valence-electron chi connectivity index (χ3n) is 4.28. The Bertz CT molecular complexity index is 723. The predicted octanol–water partition coefficient (Wildman–Crippen LogP) is 4.42. The van der Waals surface area contributed by atoms with Gasteiger partial charge in [-0.05, 0) is 51.0 Å². The van der Waals surface area contributed by atoms with Crippen LogP contribution in [0.2, 0.25) is 5.02 Å². The molecule has 1 amide bonds. The van der Waals surface area contributed by atoms with Crippen LogP contribution in [0.15, 0.2) is 40.8 Å². The third-order valence-corrected chi connectivity index (χ3v) is 4.51. The highest BCUT2D eigenvalue weighted by Crippen LogP contribution is 2.29. The number of benzene rings is 1. The number of halogens is 1. The maximum Gasteiger partial charge on any atom is 0.223 e. The quantitative estimate of drug-likeness (QED) is 0.890. The van der Waals surface area contributed by atoms with E-state index in [0.717, 1.165) is 29.9 Å². The van der Waals surface area contributed by atoms with E-state index in [-0.39, 0.29) is 17.4 Å². The smallest absolute Gasteiger partial charge is 0.223 e. The molecular formula is C19H22ClNO3. The first-order chi connectivity index (χ1) is 11.4. The Morgan fingerprint density at radius 3 is 2.92 bits per heavy atom. The van der Waals surface area contributed by atoms with Gasteiger partial charge in [0.1, 0.15) is 11.5 Å². The lowest BCUT2D eigenvalue weighted by atomic mass is 9.88. The van der Waals surface area contributed by atoms with Gasteiger partial charge in [0.05, 0.1) is 12.1 Å². The van der Waals surface area contributed by atoms with E-state index < -0.39 is 0 Å². The zero-order chi connectivity index (χ0) is 17.2. The first kappa shape index (κ1) is 17.1. The van der Waals surface area contributed by atoms with E-state index in [9.17, 15) is 4.79 Å². The van der Waals surface area contributed by atoms with Crippen LogP contribution in [0.4, 0.5) is 0 Å². The van der Waals surface area contributed by atoms with Gasteiger partial charge in [-0.15, -0.1) is 0 Å². The maximum atomic E-state index is 12.4. The van der Waals surface area contributed by atoms with Crippen LogP contribution in [0, 0.1) is 5.92 Å². The second-order valence-corrected chi connectivity index (χ2v) is 7.23. The second-order valence-electron chi connectivity index (χ2n) is 6.79. The Morgan fingerprint density at radius 2 is 2.17 bits per heavy atom. The van der Waals surface area contributed by atoms with E-state index in [4.69, 9.17) is 20.8 Å². The molecular weight excluding hydrogens is 326 g/mol. The van der Waals surface area contributed by atoms with E-state index in [0.29, 0.717) is 18.2 Å². The number of carbonyl (C=O) groups is 1. The highest BCUT2D eigenvalue weighted by molar-refractivity contribution is 6.30. The highest BCUT2D eigenvalue weighted by atomic mass is 35.5. The van der Waals surface area contributed by atoms with Crippen molar-refractivity contribution in [3.8, 4) is 11.3 Å². The van der Waals surface area contributed by atoms with Gasteiger partial charge in [0.2, 0.25) is 5.91 Å². The van der Waals surface area contributed by atoms with Crippen molar-refractivity contribution in [2.45, 2.75) is 38.8 Å². The Morgan fingerprint density at radius 1 is 1.33 bits per heavy atom. The summed E-state index contributed by atoms with van der Waals surface area (Å²) in [4.78, 5) is 12.4. The summed E-state index contributed by atoms with van der Waals surface area (Å²) in [5, 5.41) is 3.64. The average Bonchev–Trinajstić information content (AvgIpc) is 3.00. The minimum Gasteiger partial charge on any atom is -0.459 e. The average molecular weight is 348 g/mol. The number of nitrogens with one attached hydrogen (secondary N) is 1. The summed E-state index contributed by atoms with van der Waals surface area (Å²) in [6, 6.07) is 11.3. The number of rotatable bonds is 4. The molecule has 1 aromatic carbocycles. The summed E-state index contributed by atoms with van der Waals surface area (Å²) in [6.07, 6.45) is 1.51. The molecule has 1 saturated heterocycles. The fourth-order valence-electron chi connectivity index (χ4n) is 3.04. The van der Waals surface area contributed by atoms with Gasteiger partial charge in [0.25, 0.3) is 0 Å². The summed E-state index contributed by atoms with van der Waals surface area (Å²) in [5.41, 5.74) is 0.691. The molecule has 2 heterocycles. The Kier molecular flexibility index (Phi) is 4.97. The molecule has 1 atom stereocenters. The summed E-state index contributed by atoms with van der Waals surface area (Å²) in [6.45, 7) is 5.06. The third kappa shape index (κ3) is 4.19. The Balaban J connectivity index is 1.58. The lowest BCUT2D eigenvalue weighted by Crippen LogP contribution is -2.41. The largest absolute Gasteiger partial charge is 0.459 e. The molecule has 3 rings (SSSR count). The van der Waals surface area contributed by atoms with Gasteiger partial charge < -0.3 is 14.5 Å². The van der Waals surface area contributed by atoms with Crippen LogP contribution in [0.3, 0.4) is 0 Å². The minimum absolute atomic E-state index is 0.00360. The van der Waals surface area contributed by atoms with Crippen molar-refractivity contribution in [1.82, 2.24) is 5.32 Å². The fraction of sp³-hybridized carbons (Fsp3) is 0.421. The molecule has 1 aliphatic heterocycles. The Hall–Kier alpha value is -1.78. The molecule has 1 aliphatic rings. The molecule has 0 radical (unpaired) electrons. The van der Waals surface area contributed by atoms with Gasteiger partial charge in [-0.2, -0.15) is 0 Å². The van der Waals surface area contributed by atoms with Crippen LogP contribution in [0.5, 0.6) is 0 Å². The molecule has 0 aliphatic carbocycles. The van der Waals surface area contributed by atoms with E-state index >= 15 is 0 Å². The molecule has 0 bridgehead atoms. The van der Waals surface area contributed by atoms with E-state index in [2.05, 4.69) is 5.32 Å². The summed E-state index contributed by atoms with van der Waals surface area (Å²) >= 11 is 6.00. The zero-order valence-electron chi connectivity index (χ0n) is 14.0. The molecule has 0 saturated carbocycles. The van der Waals surface area contributed by atoms with E-state index in [1.807, 2.05) is 50.2 Å². The van der Waals surface area contributed by atoms with Crippen LogP contribution < -0.4 is 5.32 Å². The molecule has 2 aromatic rings. The summed E-state index contributed by atoms with van der Waals surface area (Å²) < 4.78 is 11.5. The lowest BCUT2D eigenvalue weighted by Gasteiger charge is -2.34. The number of carbonyl (C=O) groups excluding carboxylic acids is 1. The van der Waals surface area contributed by atoms with Gasteiger partial charge in [-0.1, -0.05) is 23.7 Å². The van der Waals surface area contributed by atoms with Crippen LogP contribution in [0.1, 0.15) is 32.4 Å². The molecule has 128 valence electrons. The lowest BCUT2D eigenvalue weighted by molar-refractivity contribution is -0.135. The number of ether oxygens (including phenoxy) is 1. The van der Waals surface area contributed by atoms with Crippen molar-refractivity contribution in [2.24, 2.45) is 5.92 Å². The van der Waals surface area contributed by atoms with Gasteiger partial charge in [-0.25, -0.2) is 0 Å². The van der Waals surface area contributed by atoms with Crippen molar-refractivity contribution in [2.75, 3.05) is 6.61 Å². The highest BCUT2D eigenvalue weighted by Gasteiger charge is 2.32. The standard InChI is InChI=1S/C19H22ClNO3/c1-19(2)11-14(8-9-23-19)18(22)21-12-16-6-7-17(24-16)13-4-3-5-15(20)10-13/h3-7,10,14H,8-9,11-12H2,1-2H3,(H,21,22)/t14-/m1/s1. The second kappa shape index (κ2) is 6.99.